The highest BCUT2D eigenvalue weighted by Gasteiger charge is 2.46. The van der Waals surface area contributed by atoms with E-state index in [2.05, 4.69) is 4.98 Å². The molecule has 0 saturated carbocycles. The molecule has 1 aliphatic heterocycles. The van der Waals surface area contributed by atoms with E-state index >= 15 is 0 Å². The summed E-state index contributed by atoms with van der Waals surface area (Å²) in [6, 6.07) is 0.870. The molecule has 1 saturated heterocycles. The Hall–Kier alpha value is -0.850. The van der Waals surface area contributed by atoms with Crippen LogP contribution in [-0.2, 0) is 0 Å². The van der Waals surface area contributed by atoms with Gasteiger partial charge in [-0.25, -0.2) is 4.98 Å². The van der Waals surface area contributed by atoms with E-state index in [0.717, 1.165) is 0 Å². The number of hydrogen-bond donors (Lipinski definition) is 1. The van der Waals surface area contributed by atoms with Crippen LogP contribution in [-0.4, -0.2) is 35.2 Å². The van der Waals surface area contributed by atoms with Crippen LogP contribution in [0, 0.1) is 0 Å². The molecule has 0 amide bonds. The maximum Gasteiger partial charge on any atom is 0.408 e. The molecule has 1 aromatic heterocycles. The second-order valence-corrected chi connectivity index (χ2v) is 4.79. The third kappa shape index (κ3) is 2.93. The van der Waals surface area contributed by atoms with Crippen molar-refractivity contribution in [2.24, 2.45) is 5.73 Å². The fourth-order valence-corrected chi connectivity index (χ4v) is 2.32. The van der Waals surface area contributed by atoms with Gasteiger partial charge in [0.1, 0.15) is 11.2 Å². The number of nitrogens with two attached hydrogens (primary N) is 1. The van der Waals surface area contributed by atoms with Gasteiger partial charge in [0, 0.05) is 25.3 Å². The van der Waals surface area contributed by atoms with Crippen molar-refractivity contribution in [3.05, 3.63) is 29.0 Å². The molecule has 1 aliphatic rings. The number of halogens is 4. The largest absolute Gasteiger partial charge is 0.408 e. The van der Waals surface area contributed by atoms with Gasteiger partial charge < -0.3 is 5.73 Å². The lowest BCUT2D eigenvalue weighted by molar-refractivity contribution is -0.183. The van der Waals surface area contributed by atoms with Gasteiger partial charge in [0.15, 0.2) is 0 Å². The molecule has 7 heteroatoms. The standard InChI is InChI=1S/C11H13ClF3N3/c12-9-2-1-7(5-17-9)10(11(13,14)15)18-4-3-8(16)6-18/h1-2,5,8,10H,3-4,6,16H2/t8-,10+/m0/s1. The van der Waals surface area contributed by atoms with Gasteiger partial charge in [0.05, 0.1) is 0 Å². The normalized spacial score (nSPS) is 23.3. The van der Waals surface area contributed by atoms with E-state index in [0.29, 0.717) is 13.0 Å². The molecule has 0 aliphatic carbocycles. The lowest BCUT2D eigenvalue weighted by Gasteiger charge is -2.29. The minimum atomic E-state index is -4.35. The lowest BCUT2D eigenvalue weighted by atomic mass is 10.1. The van der Waals surface area contributed by atoms with Crippen molar-refractivity contribution < 1.29 is 13.2 Å². The highest BCUT2D eigenvalue weighted by atomic mass is 35.5. The Kier molecular flexibility index (Phi) is 3.79. The average Bonchev–Trinajstić information content (AvgIpc) is 2.66. The highest BCUT2D eigenvalue weighted by Crippen LogP contribution is 2.39. The van der Waals surface area contributed by atoms with Crippen LogP contribution >= 0.6 is 11.6 Å². The van der Waals surface area contributed by atoms with Crippen molar-refractivity contribution >= 4 is 11.6 Å². The van der Waals surface area contributed by atoms with Crippen molar-refractivity contribution in [3.8, 4) is 0 Å². The van der Waals surface area contributed by atoms with Crippen molar-refractivity contribution in [3.63, 3.8) is 0 Å². The minimum absolute atomic E-state index is 0.0981. The second kappa shape index (κ2) is 5.03. The van der Waals surface area contributed by atoms with Gasteiger partial charge in [-0.15, -0.1) is 0 Å². The molecule has 0 aromatic carbocycles. The summed E-state index contributed by atoms with van der Waals surface area (Å²) in [5, 5.41) is 0.179. The molecule has 18 heavy (non-hydrogen) atoms. The summed E-state index contributed by atoms with van der Waals surface area (Å²) >= 11 is 5.59. The number of likely N-dealkylation sites (tertiary alicyclic amines) is 1. The van der Waals surface area contributed by atoms with Crippen molar-refractivity contribution in [1.82, 2.24) is 9.88 Å². The fraction of sp³-hybridized carbons (Fsp3) is 0.545. The molecule has 0 unspecified atom stereocenters. The predicted molar refractivity (Wildman–Crippen MR) is 62.2 cm³/mol. The van der Waals surface area contributed by atoms with Crippen LogP contribution in [0.25, 0.3) is 0 Å². The predicted octanol–water partition coefficient (Wildman–Crippen LogP) is 2.37. The van der Waals surface area contributed by atoms with Gasteiger partial charge in [-0.3, -0.25) is 4.90 Å². The van der Waals surface area contributed by atoms with E-state index in [9.17, 15) is 13.2 Å². The quantitative estimate of drug-likeness (QED) is 0.845. The lowest BCUT2D eigenvalue weighted by Crippen LogP contribution is -2.38. The Morgan fingerprint density at radius 2 is 2.17 bits per heavy atom. The summed E-state index contributed by atoms with van der Waals surface area (Å²) in [7, 11) is 0. The first-order valence-electron chi connectivity index (χ1n) is 5.55. The van der Waals surface area contributed by atoms with E-state index in [1.54, 1.807) is 0 Å². The van der Waals surface area contributed by atoms with Gasteiger partial charge in [-0.1, -0.05) is 17.7 Å². The first kappa shape index (κ1) is 13.6. The van der Waals surface area contributed by atoms with E-state index < -0.39 is 12.2 Å². The zero-order valence-corrected chi connectivity index (χ0v) is 10.2. The fourth-order valence-electron chi connectivity index (χ4n) is 2.21. The smallest absolute Gasteiger partial charge is 0.326 e. The maximum atomic E-state index is 13.1. The summed E-state index contributed by atoms with van der Waals surface area (Å²) in [4.78, 5) is 5.05. The first-order chi connectivity index (χ1) is 8.38. The van der Waals surface area contributed by atoms with E-state index in [-0.39, 0.29) is 23.3 Å². The molecular weight excluding hydrogens is 267 g/mol. The summed E-state index contributed by atoms with van der Waals surface area (Å²) in [5.74, 6) is 0. The van der Waals surface area contributed by atoms with Crippen LogP contribution in [0.5, 0.6) is 0 Å². The summed E-state index contributed by atoms with van der Waals surface area (Å²) in [6.45, 7) is 0.584. The summed E-state index contributed by atoms with van der Waals surface area (Å²) in [5.41, 5.74) is 5.76. The van der Waals surface area contributed by atoms with E-state index in [1.165, 1.54) is 23.2 Å². The highest BCUT2D eigenvalue weighted by molar-refractivity contribution is 6.29. The van der Waals surface area contributed by atoms with Crippen molar-refractivity contribution in [2.75, 3.05) is 13.1 Å². The molecule has 1 fully saturated rings. The first-order valence-corrected chi connectivity index (χ1v) is 5.93. The molecule has 2 N–H and O–H groups in total. The monoisotopic (exact) mass is 279 g/mol. The summed E-state index contributed by atoms with van der Waals surface area (Å²) < 4.78 is 39.4. The Morgan fingerprint density at radius 1 is 1.44 bits per heavy atom. The molecular formula is C11H13ClF3N3. The Bertz CT molecular complexity index is 407. The molecule has 2 atom stereocenters. The van der Waals surface area contributed by atoms with Crippen molar-refractivity contribution in [1.29, 1.82) is 0 Å². The van der Waals surface area contributed by atoms with Crippen molar-refractivity contribution in [2.45, 2.75) is 24.7 Å². The minimum Gasteiger partial charge on any atom is -0.326 e. The number of aromatic nitrogens is 1. The number of hydrogen-bond acceptors (Lipinski definition) is 3. The van der Waals surface area contributed by atoms with E-state index in [1.807, 2.05) is 0 Å². The summed E-state index contributed by atoms with van der Waals surface area (Å²) in [6.07, 6.45) is -2.60. The number of rotatable bonds is 2. The molecule has 3 nitrogen and oxygen atoms in total. The molecule has 0 radical (unpaired) electrons. The van der Waals surface area contributed by atoms with Crippen LogP contribution in [0.15, 0.2) is 18.3 Å². The van der Waals surface area contributed by atoms with Gasteiger partial charge in [-0.2, -0.15) is 13.2 Å². The van der Waals surface area contributed by atoms with Crippen LogP contribution in [0.3, 0.4) is 0 Å². The second-order valence-electron chi connectivity index (χ2n) is 4.40. The van der Waals surface area contributed by atoms with Gasteiger partial charge >= 0.3 is 6.18 Å². The zero-order chi connectivity index (χ0) is 13.3. The van der Waals surface area contributed by atoms with Crippen LogP contribution < -0.4 is 5.73 Å². The van der Waals surface area contributed by atoms with Crippen LogP contribution in [0.1, 0.15) is 18.0 Å². The molecule has 1 aromatic rings. The Balaban J connectivity index is 2.28. The third-order valence-electron chi connectivity index (χ3n) is 3.00. The van der Waals surface area contributed by atoms with Crippen LogP contribution in [0.4, 0.5) is 13.2 Å². The molecule has 100 valence electrons. The average molecular weight is 280 g/mol. The molecule has 0 spiro atoms. The van der Waals surface area contributed by atoms with E-state index in [4.69, 9.17) is 17.3 Å². The van der Waals surface area contributed by atoms with Gasteiger partial charge in [0.2, 0.25) is 0 Å². The third-order valence-corrected chi connectivity index (χ3v) is 3.22. The number of alkyl halides is 3. The number of nitrogens with zero attached hydrogens (tertiary/aromatic N) is 2. The Morgan fingerprint density at radius 3 is 2.61 bits per heavy atom. The molecule has 2 heterocycles. The van der Waals surface area contributed by atoms with Crippen LogP contribution in [0.2, 0.25) is 5.15 Å². The van der Waals surface area contributed by atoms with Gasteiger partial charge in [-0.05, 0) is 18.1 Å². The topological polar surface area (TPSA) is 42.1 Å². The SMILES string of the molecule is N[C@H]1CCN([C@H](c2ccc(Cl)nc2)C(F)(F)F)C1. The van der Waals surface area contributed by atoms with Gasteiger partial charge in [0.25, 0.3) is 0 Å². The molecule has 2 rings (SSSR count). The zero-order valence-electron chi connectivity index (χ0n) is 9.49. The number of pyridine rings is 1. The Labute approximate surface area is 108 Å². The maximum absolute atomic E-state index is 13.1. The molecule has 0 bridgehead atoms.